The van der Waals surface area contributed by atoms with Crippen molar-refractivity contribution in [3.05, 3.63) is 0 Å². The van der Waals surface area contributed by atoms with Crippen LogP contribution in [0.2, 0.25) is 0 Å². The number of halogens is 1. The van der Waals surface area contributed by atoms with E-state index < -0.39 is 6.17 Å². The molecule has 0 aromatic heterocycles. The van der Waals surface area contributed by atoms with Crippen molar-refractivity contribution in [2.75, 3.05) is 26.2 Å². The smallest absolute Gasteiger partial charge is 0.237 e. The van der Waals surface area contributed by atoms with Crippen LogP contribution in [0.4, 0.5) is 4.39 Å². The van der Waals surface area contributed by atoms with Crippen molar-refractivity contribution >= 4 is 11.8 Å². The first-order valence-electron chi connectivity index (χ1n) is 12.2. The van der Waals surface area contributed by atoms with Crippen molar-refractivity contribution in [1.29, 1.82) is 0 Å². The molecule has 0 aromatic carbocycles. The summed E-state index contributed by atoms with van der Waals surface area (Å²) in [7, 11) is 0. The van der Waals surface area contributed by atoms with Crippen LogP contribution < -0.4 is 10.6 Å². The molecule has 0 spiro atoms. The van der Waals surface area contributed by atoms with Gasteiger partial charge >= 0.3 is 0 Å². The monoisotopic (exact) mass is 422 g/mol. The predicted octanol–water partition coefficient (Wildman–Crippen LogP) is 2.08. The van der Waals surface area contributed by atoms with E-state index in [1.165, 1.54) is 6.42 Å². The normalized spacial score (nSPS) is 40.1. The first-order valence-corrected chi connectivity index (χ1v) is 12.2. The summed E-state index contributed by atoms with van der Waals surface area (Å²) < 4.78 is 14.4. The molecule has 2 aliphatic carbocycles. The minimum absolute atomic E-state index is 0.00858. The Bertz CT molecular complexity index is 606. The van der Waals surface area contributed by atoms with Crippen LogP contribution in [0.3, 0.4) is 0 Å². The number of piperazine rings is 1. The second-order valence-electron chi connectivity index (χ2n) is 10.0. The minimum Gasteiger partial charge on any atom is -0.352 e. The zero-order valence-electron chi connectivity index (χ0n) is 18.6. The highest BCUT2D eigenvalue weighted by atomic mass is 19.1. The van der Waals surface area contributed by atoms with Crippen LogP contribution in [-0.2, 0) is 9.59 Å². The first-order chi connectivity index (χ1) is 14.5. The fraction of sp³-hybridized carbons (Fsp3) is 0.913. The lowest BCUT2D eigenvalue weighted by Crippen LogP contribution is -2.55. The van der Waals surface area contributed by atoms with E-state index in [0.29, 0.717) is 31.2 Å². The molecule has 2 saturated carbocycles. The molecular weight excluding hydrogens is 383 g/mol. The molecule has 2 amide bonds. The van der Waals surface area contributed by atoms with E-state index in [9.17, 15) is 14.0 Å². The maximum absolute atomic E-state index is 14.4. The first kappa shape index (κ1) is 22.0. The van der Waals surface area contributed by atoms with E-state index in [0.717, 1.165) is 51.9 Å². The van der Waals surface area contributed by atoms with Gasteiger partial charge in [-0.05, 0) is 50.9 Å². The maximum atomic E-state index is 14.4. The third kappa shape index (κ3) is 4.67. The topological polar surface area (TPSA) is 64.7 Å². The second kappa shape index (κ2) is 9.51. The van der Waals surface area contributed by atoms with Crippen molar-refractivity contribution in [2.24, 2.45) is 11.8 Å². The molecule has 2 heterocycles. The van der Waals surface area contributed by atoms with Gasteiger partial charge in [0.25, 0.3) is 0 Å². The van der Waals surface area contributed by atoms with Crippen molar-refractivity contribution in [3.63, 3.8) is 0 Å². The van der Waals surface area contributed by atoms with Gasteiger partial charge in [-0.25, -0.2) is 4.39 Å². The molecule has 7 unspecified atom stereocenters. The summed E-state index contributed by atoms with van der Waals surface area (Å²) in [6.45, 7) is 7.60. The molecule has 4 aliphatic rings. The van der Waals surface area contributed by atoms with Crippen LogP contribution in [0, 0.1) is 11.8 Å². The number of amides is 2. The second-order valence-corrected chi connectivity index (χ2v) is 10.0. The number of nitrogens with one attached hydrogen (secondary N) is 2. The number of carbonyl (C=O) groups excluding carboxylic acids is 2. The number of carbonyl (C=O) groups is 2. The Hall–Kier alpha value is -1.21. The van der Waals surface area contributed by atoms with Gasteiger partial charge in [0.1, 0.15) is 6.17 Å². The average molecular weight is 423 g/mol. The highest BCUT2D eigenvalue weighted by Gasteiger charge is 2.46. The van der Waals surface area contributed by atoms with Crippen molar-refractivity contribution in [1.82, 2.24) is 20.4 Å². The molecule has 0 aromatic rings. The molecule has 7 atom stereocenters. The average Bonchev–Trinajstić information content (AvgIpc) is 3.23. The number of hydrogen-bond donors (Lipinski definition) is 2. The zero-order chi connectivity index (χ0) is 21.3. The summed E-state index contributed by atoms with van der Waals surface area (Å²) in [5.41, 5.74) is 0. The highest BCUT2D eigenvalue weighted by molar-refractivity contribution is 5.82. The van der Waals surface area contributed by atoms with E-state index in [1.807, 2.05) is 11.8 Å². The Morgan fingerprint density at radius 2 is 1.83 bits per heavy atom. The number of hydrogen-bond acceptors (Lipinski definition) is 4. The van der Waals surface area contributed by atoms with Crippen LogP contribution >= 0.6 is 0 Å². The maximum Gasteiger partial charge on any atom is 0.237 e. The number of alkyl halides is 1. The van der Waals surface area contributed by atoms with Crippen LogP contribution in [0.5, 0.6) is 0 Å². The van der Waals surface area contributed by atoms with E-state index >= 15 is 0 Å². The van der Waals surface area contributed by atoms with Gasteiger partial charge in [-0.15, -0.1) is 0 Å². The molecule has 30 heavy (non-hydrogen) atoms. The fourth-order valence-electron chi connectivity index (χ4n) is 6.29. The Morgan fingerprint density at radius 3 is 2.53 bits per heavy atom. The lowest BCUT2D eigenvalue weighted by molar-refractivity contribution is -0.133. The Labute approximate surface area is 180 Å². The standard InChI is InChI=1S/C23H39FN4O2/c1-3-21(29)28-11-9-27(10-12-28)17-6-4-5-16(13-17)25-23(30)20-14-18-19(24)8-7-15(2)22(18)26-20/h15-20,22,26H,3-14H2,1-2H3,(H,25,30). The fourth-order valence-corrected chi connectivity index (χ4v) is 6.29. The van der Waals surface area contributed by atoms with Crippen molar-refractivity contribution in [3.8, 4) is 0 Å². The minimum atomic E-state index is -0.770. The number of nitrogens with zero attached hydrogens (tertiary/aromatic N) is 2. The zero-order valence-corrected chi connectivity index (χ0v) is 18.6. The molecule has 0 bridgehead atoms. The predicted molar refractivity (Wildman–Crippen MR) is 115 cm³/mol. The van der Waals surface area contributed by atoms with Gasteiger partial charge in [-0.3, -0.25) is 14.5 Å². The van der Waals surface area contributed by atoms with Gasteiger partial charge in [0, 0.05) is 56.6 Å². The molecule has 7 heteroatoms. The molecule has 4 rings (SSSR count). The highest BCUT2D eigenvalue weighted by Crippen LogP contribution is 2.38. The summed E-state index contributed by atoms with van der Waals surface area (Å²) in [6, 6.07) is 0.584. The molecule has 2 saturated heterocycles. The Morgan fingerprint density at radius 1 is 1.07 bits per heavy atom. The molecular formula is C23H39FN4O2. The van der Waals surface area contributed by atoms with Gasteiger partial charge in [-0.1, -0.05) is 13.8 Å². The molecule has 6 nitrogen and oxygen atoms in total. The third-order valence-corrected chi connectivity index (χ3v) is 8.13. The van der Waals surface area contributed by atoms with Crippen molar-refractivity contribution < 1.29 is 14.0 Å². The molecule has 2 aliphatic heterocycles. The van der Waals surface area contributed by atoms with Gasteiger partial charge in [0.05, 0.1) is 6.04 Å². The van der Waals surface area contributed by atoms with Crippen LogP contribution in [0.15, 0.2) is 0 Å². The Balaban J connectivity index is 1.26. The van der Waals surface area contributed by atoms with E-state index in [1.54, 1.807) is 0 Å². The Kier molecular flexibility index (Phi) is 6.98. The molecule has 0 radical (unpaired) electrons. The van der Waals surface area contributed by atoms with Gasteiger partial charge in [0.2, 0.25) is 11.8 Å². The third-order valence-electron chi connectivity index (χ3n) is 8.13. The van der Waals surface area contributed by atoms with Gasteiger partial charge < -0.3 is 15.5 Å². The summed E-state index contributed by atoms with van der Waals surface area (Å²) in [4.78, 5) is 29.3. The van der Waals surface area contributed by atoms with E-state index in [2.05, 4.69) is 22.5 Å². The summed E-state index contributed by atoms with van der Waals surface area (Å²) in [6.07, 6.45) is 6.28. The SMILES string of the molecule is CCC(=O)N1CCN(C2CCCC(NC(=O)C3CC4C(F)CCC(C)C4N3)C2)CC1. The largest absolute Gasteiger partial charge is 0.352 e. The molecule has 4 fully saturated rings. The molecule has 170 valence electrons. The van der Waals surface area contributed by atoms with E-state index in [4.69, 9.17) is 0 Å². The summed E-state index contributed by atoms with van der Waals surface area (Å²) >= 11 is 0. The van der Waals surface area contributed by atoms with Crippen molar-refractivity contribution in [2.45, 2.75) is 95.6 Å². The summed E-state index contributed by atoms with van der Waals surface area (Å²) in [5, 5.41) is 6.75. The summed E-state index contributed by atoms with van der Waals surface area (Å²) in [5.74, 6) is 0.744. The lowest BCUT2D eigenvalue weighted by Gasteiger charge is -2.42. The van der Waals surface area contributed by atoms with Crippen LogP contribution in [0.1, 0.15) is 65.2 Å². The van der Waals surface area contributed by atoms with Crippen LogP contribution in [-0.4, -0.2) is 78.1 Å². The lowest BCUT2D eigenvalue weighted by atomic mass is 9.77. The number of rotatable bonds is 4. The van der Waals surface area contributed by atoms with E-state index in [-0.39, 0.29) is 35.9 Å². The quantitative estimate of drug-likeness (QED) is 0.728. The molecule has 2 N–H and O–H groups in total. The number of fused-ring (bicyclic) bond motifs is 1. The van der Waals surface area contributed by atoms with Gasteiger partial charge in [-0.2, -0.15) is 0 Å². The van der Waals surface area contributed by atoms with Gasteiger partial charge in [0.15, 0.2) is 0 Å². The van der Waals surface area contributed by atoms with Crippen LogP contribution in [0.25, 0.3) is 0 Å².